The summed E-state index contributed by atoms with van der Waals surface area (Å²) in [4.78, 5) is 37.5. The Balaban J connectivity index is 1.37. The molecule has 1 heterocycles. The van der Waals surface area contributed by atoms with E-state index in [9.17, 15) is 23.2 Å². The van der Waals surface area contributed by atoms with Crippen LogP contribution in [0.1, 0.15) is 41.6 Å². The van der Waals surface area contributed by atoms with Gasteiger partial charge in [0.05, 0.1) is 5.41 Å². The van der Waals surface area contributed by atoms with Gasteiger partial charge in [-0.1, -0.05) is 18.9 Å². The molecule has 0 saturated heterocycles. The molecular formula is C24H23F2NO7. The fraction of sp³-hybridized carbons (Fsp3) is 0.375. The second kappa shape index (κ2) is 10.1. The molecule has 0 unspecified atom stereocenters. The normalized spacial score (nSPS) is 16.1. The highest BCUT2D eigenvalue weighted by Crippen LogP contribution is 2.45. The smallest absolute Gasteiger partial charge is 0.387 e. The molecule has 2 amide bonds. The van der Waals surface area contributed by atoms with Crippen molar-refractivity contribution >= 4 is 17.8 Å². The average molecular weight is 475 g/mol. The highest BCUT2D eigenvalue weighted by Gasteiger charge is 2.45. The summed E-state index contributed by atoms with van der Waals surface area (Å²) in [7, 11) is 0. The van der Waals surface area contributed by atoms with Gasteiger partial charge < -0.3 is 18.9 Å². The van der Waals surface area contributed by atoms with E-state index in [4.69, 9.17) is 14.2 Å². The van der Waals surface area contributed by atoms with Crippen molar-refractivity contribution in [1.29, 1.82) is 0 Å². The van der Waals surface area contributed by atoms with Gasteiger partial charge in [-0.25, -0.2) is 0 Å². The van der Waals surface area contributed by atoms with E-state index in [2.05, 4.69) is 10.1 Å². The Morgan fingerprint density at radius 3 is 2.32 bits per heavy atom. The van der Waals surface area contributed by atoms with Crippen molar-refractivity contribution in [2.75, 3.05) is 19.8 Å². The number of ether oxygens (including phenoxy) is 4. The fourth-order valence-electron chi connectivity index (χ4n) is 4.22. The van der Waals surface area contributed by atoms with Gasteiger partial charge >= 0.3 is 12.6 Å². The van der Waals surface area contributed by atoms with Crippen molar-refractivity contribution in [1.82, 2.24) is 5.32 Å². The fourth-order valence-corrected chi connectivity index (χ4v) is 4.22. The number of imide groups is 1. The van der Waals surface area contributed by atoms with E-state index in [0.717, 1.165) is 18.4 Å². The summed E-state index contributed by atoms with van der Waals surface area (Å²) < 4.78 is 45.2. The van der Waals surface area contributed by atoms with Crippen LogP contribution in [0.15, 0.2) is 42.5 Å². The van der Waals surface area contributed by atoms with Crippen LogP contribution in [0.4, 0.5) is 8.78 Å². The second-order valence-corrected chi connectivity index (χ2v) is 8.00. The van der Waals surface area contributed by atoms with Gasteiger partial charge in [0.25, 0.3) is 11.8 Å². The minimum atomic E-state index is -2.98. The molecule has 0 atom stereocenters. The van der Waals surface area contributed by atoms with E-state index >= 15 is 0 Å². The van der Waals surface area contributed by atoms with E-state index < -0.39 is 36.4 Å². The van der Waals surface area contributed by atoms with E-state index in [0.29, 0.717) is 37.6 Å². The molecule has 1 aliphatic heterocycles. The average Bonchev–Trinajstić information content (AvgIpc) is 3.33. The lowest BCUT2D eigenvalue weighted by Gasteiger charge is -2.28. The molecule has 34 heavy (non-hydrogen) atoms. The van der Waals surface area contributed by atoms with E-state index in [1.165, 1.54) is 24.3 Å². The largest absolute Gasteiger partial charge is 0.486 e. The van der Waals surface area contributed by atoms with Crippen molar-refractivity contribution in [2.45, 2.75) is 37.7 Å². The number of nitrogens with one attached hydrogen (secondary N) is 1. The predicted octanol–water partition coefficient (Wildman–Crippen LogP) is 3.37. The maximum absolute atomic E-state index is 13.1. The minimum absolute atomic E-state index is 0.0600. The Bertz CT molecular complexity index is 1070. The third kappa shape index (κ3) is 5.11. The molecule has 4 rings (SSSR count). The van der Waals surface area contributed by atoms with E-state index in [-0.39, 0.29) is 11.3 Å². The summed E-state index contributed by atoms with van der Waals surface area (Å²) in [6.45, 7) is -2.74. The molecule has 2 aromatic carbocycles. The van der Waals surface area contributed by atoms with Crippen LogP contribution in [-0.2, 0) is 19.7 Å². The predicted molar refractivity (Wildman–Crippen MR) is 114 cm³/mol. The molecule has 2 aliphatic rings. The van der Waals surface area contributed by atoms with Crippen LogP contribution in [0.5, 0.6) is 17.2 Å². The standard InChI is InChI=1S/C24H23F2NO7/c25-23(26)34-17-6-3-15(4-7-17)21(29)27-20(28)14-33-22(30)24(9-1-2-10-24)16-5-8-18-19(13-16)32-12-11-31-18/h3-8,13,23H,1-2,9-12,14H2,(H,27,28,29). The number of carbonyl (C=O) groups is 3. The Labute approximate surface area is 194 Å². The molecule has 2 aromatic rings. The number of amides is 2. The molecule has 1 saturated carbocycles. The minimum Gasteiger partial charge on any atom is -0.486 e. The number of fused-ring (bicyclic) bond motifs is 1. The lowest BCUT2D eigenvalue weighted by molar-refractivity contribution is -0.154. The summed E-state index contributed by atoms with van der Waals surface area (Å²) in [6, 6.07) is 10.2. The van der Waals surface area contributed by atoms with Gasteiger partial charge in [0, 0.05) is 5.56 Å². The van der Waals surface area contributed by atoms with Gasteiger partial charge in [0.15, 0.2) is 18.1 Å². The number of rotatable bonds is 7. The van der Waals surface area contributed by atoms with Crippen molar-refractivity contribution in [3.8, 4) is 17.2 Å². The van der Waals surface area contributed by atoms with Crippen LogP contribution in [0, 0.1) is 0 Å². The topological polar surface area (TPSA) is 100 Å². The number of halogens is 2. The number of hydrogen-bond acceptors (Lipinski definition) is 7. The summed E-state index contributed by atoms with van der Waals surface area (Å²) in [5.41, 5.74) is -0.104. The molecule has 0 aromatic heterocycles. The van der Waals surface area contributed by atoms with Crippen LogP contribution in [-0.4, -0.2) is 44.2 Å². The van der Waals surface area contributed by atoms with Gasteiger partial charge in [-0.15, -0.1) is 0 Å². The summed E-state index contributed by atoms with van der Waals surface area (Å²) in [5.74, 6) is -1.04. The zero-order chi connectivity index (χ0) is 24.1. The molecular weight excluding hydrogens is 452 g/mol. The maximum Gasteiger partial charge on any atom is 0.387 e. The molecule has 1 fully saturated rings. The molecule has 180 valence electrons. The highest BCUT2D eigenvalue weighted by molar-refractivity contribution is 6.05. The number of carbonyl (C=O) groups excluding carboxylic acids is 3. The molecule has 0 spiro atoms. The Kier molecular flexibility index (Phi) is 6.95. The van der Waals surface area contributed by atoms with E-state index in [1.807, 2.05) is 6.07 Å². The monoisotopic (exact) mass is 475 g/mol. The number of esters is 1. The van der Waals surface area contributed by atoms with Gasteiger partial charge in [0.1, 0.15) is 19.0 Å². The lowest BCUT2D eigenvalue weighted by Crippen LogP contribution is -2.39. The van der Waals surface area contributed by atoms with Gasteiger partial charge in [-0.05, 0) is 54.8 Å². The first-order chi connectivity index (χ1) is 16.4. The van der Waals surface area contributed by atoms with Gasteiger partial charge in [-0.3, -0.25) is 19.7 Å². The van der Waals surface area contributed by atoms with Crippen molar-refractivity contribution in [2.24, 2.45) is 0 Å². The van der Waals surface area contributed by atoms with Crippen LogP contribution in [0.3, 0.4) is 0 Å². The van der Waals surface area contributed by atoms with Crippen LogP contribution in [0.2, 0.25) is 0 Å². The van der Waals surface area contributed by atoms with Gasteiger partial charge in [0.2, 0.25) is 0 Å². The molecule has 0 radical (unpaired) electrons. The first-order valence-corrected chi connectivity index (χ1v) is 10.8. The Hall–Kier alpha value is -3.69. The molecule has 0 bridgehead atoms. The lowest BCUT2D eigenvalue weighted by atomic mass is 9.78. The van der Waals surface area contributed by atoms with Crippen molar-refractivity contribution in [3.05, 3.63) is 53.6 Å². The highest BCUT2D eigenvalue weighted by atomic mass is 19.3. The number of hydrogen-bond donors (Lipinski definition) is 1. The van der Waals surface area contributed by atoms with E-state index in [1.54, 1.807) is 12.1 Å². The molecule has 1 N–H and O–H groups in total. The first kappa shape index (κ1) is 23.5. The zero-order valence-corrected chi connectivity index (χ0v) is 18.2. The van der Waals surface area contributed by atoms with Crippen LogP contribution >= 0.6 is 0 Å². The quantitative estimate of drug-likeness (QED) is 0.613. The summed E-state index contributed by atoms with van der Waals surface area (Å²) in [5, 5.41) is 2.12. The number of alkyl halides is 2. The first-order valence-electron chi connectivity index (χ1n) is 10.8. The second-order valence-electron chi connectivity index (χ2n) is 8.00. The Morgan fingerprint density at radius 2 is 1.65 bits per heavy atom. The third-order valence-electron chi connectivity index (χ3n) is 5.87. The SMILES string of the molecule is O=C(COC(=O)C1(c2ccc3c(c2)OCCO3)CCCC1)NC(=O)c1ccc(OC(F)F)cc1. The Morgan fingerprint density at radius 1 is 0.971 bits per heavy atom. The summed E-state index contributed by atoms with van der Waals surface area (Å²) >= 11 is 0. The van der Waals surface area contributed by atoms with Gasteiger partial charge in [-0.2, -0.15) is 8.78 Å². The molecule has 8 nitrogen and oxygen atoms in total. The molecule has 10 heteroatoms. The van der Waals surface area contributed by atoms with Crippen molar-refractivity contribution < 1.29 is 42.1 Å². The third-order valence-corrected chi connectivity index (χ3v) is 5.87. The zero-order valence-electron chi connectivity index (χ0n) is 18.2. The number of benzene rings is 2. The van der Waals surface area contributed by atoms with Crippen LogP contribution < -0.4 is 19.5 Å². The maximum atomic E-state index is 13.1. The summed E-state index contributed by atoms with van der Waals surface area (Å²) in [6.07, 6.45) is 2.80. The molecule has 1 aliphatic carbocycles. The van der Waals surface area contributed by atoms with Crippen molar-refractivity contribution in [3.63, 3.8) is 0 Å². The van der Waals surface area contributed by atoms with Crippen LogP contribution in [0.25, 0.3) is 0 Å².